The second-order valence-electron chi connectivity index (χ2n) is 7.96. The zero-order valence-corrected chi connectivity index (χ0v) is 17.7. The minimum Gasteiger partial charge on any atom is -0.478 e. The molecule has 5 heteroatoms. The van der Waals surface area contributed by atoms with Crippen molar-refractivity contribution in [2.45, 2.75) is 58.5 Å². The van der Waals surface area contributed by atoms with Crippen molar-refractivity contribution in [2.24, 2.45) is 4.99 Å². The SMILES string of the molecule is C=CNC(=NC1CCC(N(C)C)CC1)C(=C(C)C)c1cc(C(=O)O)ccc1C. The van der Waals surface area contributed by atoms with Gasteiger partial charge in [-0.3, -0.25) is 4.99 Å². The zero-order chi connectivity index (χ0) is 20.8. The number of carboxylic acids is 1. The van der Waals surface area contributed by atoms with Gasteiger partial charge in [0.2, 0.25) is 0 Å². The fourth-order valence-electron chi connectivity index (χ4n) is 3.82. The third-order valence-electron chi connectivity index (χ3n) is 5.44. The lowest BCUT2D eigenvalue weighted by atomic mass is 9.90. The van der Waals surface area contributed by atoms with Crippen molar-refractivity contribution >= 4 is 17.4 Å². The molecule has 0 unspecified atom stereocenters. The molecule has 0 bridgehead atoms. The molecule has 28 heavy (non-hydrogen) atoms. The van der Waals surface area contributed by atoms with Crippen LogP contribution in [-0.2, 0) is 0 Å². The van der Waals surface area contributed by atoms with Gasteiger partial charge in [-0.05, 0) is 90.0 Å². The molecule has 1 fully saturated rings. The number of nitrogens with one attached hydrogen (secondary N) is 1. The molecule has 0 heterocycles. The lowest BCUT2D eigenvalue weighted by Gasteiger charge is -2.31. The van der Waals surface area contributed by atoms with Gasteiger partial charge in [-0.2, -0.15) is 0 Å². The van der Waals surface area contributed by atoms with E-state index in [0.29, 0.717) is 6.04 Å². The summed E-state index contributed by atoms with van der Waals surface area (Å²) in [4.78, 5) is 18.8. The fourth-order valence-corrected chi connectivity index (χ4v) is 3.82. The van der Waals surface area contributed by atoms with Gasteiger partial charge >= 0.3 is 5.97 Å². The molecule has 5 nitrogen and oxygen atoms in total. The average molecular weight is 384 g/mol. The van der Waals surface area contributed by atoms with Crippen LogP contribution < -0.4 is 5.32 Å². The van der Waals surface area contributed by atoms with Gasteiger partial charge in [0.25, 0.3) is 0 Å². The van der Waals surface area contributed by atoms with Crippen molar-refractivity contribution in [3.63, 3.8) is 0 Å². The van der Waals surface area contributed by atoms with Crippen LogP contribution in [0.2, 0.25) is 0 Å². The number of hydrogen-bond donors (Lipinski definition) is 2. The topological polar surface area (TPSA) is 64.9 Å². The molecular weight excluding hydrogens is 350 g/mol. The van der Waals surface area contributed by atoms with E-state index in [0.717, 1.165) is 53.8 Å². The van der Waals surface area contributed by atoms with Gasteiger partial charge in [0.15, 0.2) is 0 Å². The van der Waals surface area contributed by atoms with Gasteiger partial charge in [-0.15, -0.1) is 0 Å². The van der Waals surface area contributed by atoms with Crippen LogP contribution in [0, 0.1) is 6.92 Å². The summed E-state index contributed by atoms with van der Waals surface area (Å²) in [6, 6.07) is 6.12. The first kappa shape index (κ1) is 21.9. The first-order valence-corrected chi connectivity index (χ1v) is 9.88. The highest BCUT2D eigenvalue weighted by Crippen LogP contribution is 2.28. The Morgan fingerprint density at radius 1 is 1.25 bits per heavy atom. The number of carbonyl (C=O) groups is 1. The van der Waals surface area contributed by atoms with Gasteiger partial charge in [0.1, 0.15) is 5.84 Å². The van der Waals surface area contributed by atoms with E-state index in [9.17, 15) is 9.90 Å². The predicted octanol–water partition coefficient (Wildman–Crippen LogP) is 4.49. The smallest absolute Gasteiger partial charge is 0.335 e. The maximum atomic E-state index is 11.5. The van der Waals surface area contributed by atoms with Crippen LogP contribution in [0.1, 0.15) is 61.0 Å². The molecule has 0 aromatic heterocycles. The Balaban J connectivity index is 2.42. The highest BCUT2D eigenvalue weighted by Gasteiger charge is 2.24. The molecule has 0 saturated heterocycles. The van der Waals surface area contributed by atoms with Crippen LogP contribution in [0.15, 0.2) is 41.5 Å². The Morgan fingerprint density at radius 2 is 1.89 bits per heavy atom. The maximum Gasteiger partial charge on any atom is 0.335 e. The minimum absolute atomic E-state index is 0.260. The van der Waals surface area contributed by atoms with Crippen LogP contribution in [-0.4, -0.2) is 48.0 Å². The molecule has 2 rings (SSSR count). The third kappa shape index (κ3) is 5.32. The Kier molecular flexibility index (Phi) is 7.58. The Bertz CT molecular complexity index is 781. The largest absolute Gasteiger partial charge is 0.478 e. The molecular formula is C23H33N3O2. The number of hydrogen-bond acceptors (Lipinski definition) is 3. The Morgan fingerprint density at radius 3 is 2.39 bits per heavy atom. The molecule has 0 amide bonds. The monoisotopic (exact) mass is 383 g/mol. The first-order chi connectivity index (χ1) is 13.2. The summed E-state index contributed by atoms with van der Waals surface area (Å²) in [5.41, 5.74) is 4.24. The molecule has 2 N–H and O–H groups in total. The normalized spacial score (nSPS) is 20.0. The van der Waals surface area contributed by atoms with Crippen molar-refractivity contribution < 1.29 is 9.90 Å². The number of nitrogens with zero attached hydrogens (tertiary/aromatic N) is 2. The van der Waals surface area contributed by atoms with Crippen molar-refractivity contribution in [3.05, 3.63) is 53.2 Å². The van der Waals surface area contributed by atoms with E-state index in [1.807, 2.05) is 26.8 Å². The van der Waals surface area contributed by atoms with E-state index in [-0.39, 0.29) is 11.6 Å². The van der Waals surface area contributed by atoms with Gasteiger partial charge in [0.05, 0.1) is 11.6 Å². The zero-order valence-electron chi connectivity index (χ0n) is 17.7. The predicted molar refractivity (Wildman–Crippen MR) is 117 cm³/mol. The third-order valence-corrected chi connectivity index (χ3v) is 5.44. The lowest BCUT2D eigenvalue weighted by Crippen LogP contribution is -2.34. The second kappa shape index (κ2) is 9.69. The van der Waals surface area contributed by atoms with E-state index in [4.69, 9.17) is 4.99 Å². The summed E-state index contributed by atoms with van der Waals surface area (Å²) in [6.07, 6.45) is 6.02. The molecule has 1 aromatic carbocycles. The molecule has 1 saturated carbocycles. The van der Waals surface area contributed by atoms with Gasteiger partial charge in [-0.1, -0.05) is 18.2 Å². The van der Waals surface area contributed by atoms with E-state index < -0.39 is 5.97 Å². The number of aromatic carboxylic acids is 1. The minimum atomic E-state index is -0.925. The standard InChI is InChI=1S/C23H33N3O2/c1-7-24-22(25-18-10-12-19(13-11-18)26(5)6)21(15(2)3)20-14-17(23(27)28)9-8-16(20)4/h7-9,14,18-19H,1,10-13H2,2-6H3,(H,24,25)(H,27,28). The Labute approximate surface area is 168 Å². The van der Waals surface area contributed by atoms with Crippen LogP contribution in [0.5, 0.6) is 0 Å². The maximum absolute atomic E-state index is 11.5. The van der Waals surface area contributed by atoms with E-state index >= 15 is 0 Å². The van der Waals surface area contributed by atoms with E-state index in [2.05, 4.69) is 30.9 Å². The van der Waals surface area contributed by atoms with Crippen LogP contribution in [0.3, 0.4) is 0 Å². The highest BCUT2D eigenvalue weighted by atomic mass is 16.4. The molecule has 0 radical (unpaired) electrons. The number of aliphatic imine (C=N–C) groups is 1. The van der Waals surface area contributed by atoms with Crippen molar-refractivity contribution in [2.75, 3.05) is 14.1 Å². The average Bonchev–Trinajstić information content (AvgIpc) is 2.63. The van der Waals surface area contributed by atoms with Crippen LogP contribution in [0.25, 0.3) is 5.57 Å². The van der Waals surface area contributed by atoms with Crippen molar-refractivity contribution in [3.8, 4) is 0 Å². The number of allylic oxidation sites excluding steroid dienone is 1. The fraction of sp³-hybridized carbons (Fsp3) is 0.478. The summed E-state index contributed by atoms with van der Waals surface area (Å²) in [7, 11) is 4.27. The number of aryl methyl sites for hydroxylation is 1. The van der Waals surface area contributed by atoms with Gasteiger partial charge < -0.3 is 15.3 Å². The number of benzene rings is 1. The number of amidine groups is 1. The molecule has 1 aromatic rings. The lowest BCUT2D eigenvalue weighted by molar-refractivity contribution is 0.0697. The van der Waals surface area contributed by atoms with Gasteiger partial charge in [0, 0.05) is 11.6 Å². The van der Waals surface area contributed by atoms with E-state index in [1.165, 1.54) is 0 Å². The number of carboxylic acid groups (broad SMARTS) is 1. The quantitative estimate of drug-likeness (QED) is 0.561. The molecule has 0 spiro atoms. The summed E-state index contributed by atoms with van der Waals surface area (Å²) in [6.45, 7) is 9.88. The summed E-state index contributed by atoms with van der Waals surface area (Å²) >= 11 is 0. The first-order valence-electron chi connectivity index (χ1n) is 9.88. The van der Waals surface area contributed by atoms with E-state index in [1.54, 1.807) is 18.3 Å². The molecule has 152 valence electrons. The number of rotatable bonds is 6. The summed E-state index contributed by atoms with van der Waals surface area (Å²) in [5, 5.41) is 12.6. The summed E-state index contributed by atoms with van der Waals surface area (Å²) < 4.78 is 0. The second-order valence-corrected chi connectivity index (χ2v) is 7.96. The molecule has 1 aliphatic carbocycles. The molecule has 0 aliphatic heterocycles. The molecule has 1 aliphatic rings. The van der Waals surface area contributed by atoms with Crippen LogP contribution in [0.4, 0.5) is 0 Å². The van der Waals surface area contributed by atoms with Crippen LogP contribution >= 0.6 is 0 Å². The van der Waals surface area contributed by atoms with Crippen molar-refractivity contribution in [1.29, 1.82) is 0 Å². The highest BCUT2D eigenvalue weighted by molar-refractivity contribution is 6.24. The van der Waals surface area contributed by atoms with Gasteiger partial charge in [-0.25, -0.2) is 4.79 Å². The van der Waals surface area contributed by atoms with Crippen molar-refractivity contribution in [1.82, 2.24) is 10.2 Å². The summed E-state index contributed by atoms with van der Waals surface area (Å²) in [5.74, 6) is -0.152. The molecule has 0 atom stereocenters. The Hall–Kier alpha value is -2.40.